The molecule has 4 nitrogen and oxygen atoms in total. The van der Waals surface area contributed by atoms with Gasteiger partial charge in [0.25, 0.3) is 0 Å². The fourth-order valence-electron chi connectivity index (χ4n) is 8.07. The molecular weight excluding hydrogens is 695 g/mol. The quantitative estimate of drug-likeness (QED) is 0.160. The van der Waals surface area contributed by atoms with Gasteiger partial charge >= 0.3 is 0 Å². The summed E-state index contributed by atoms with van der Waals surface area (Å²) in [6, 6.07) is 70.0. The third-order valence-corrected chi connectivity index (χ3v) is 11.0. The molecule has 0 fully saturated rings. The summed E-state index contributed by atoms with van der Waals surface area (Å²) in [4.78, 5) is 15.4. The van der Waals surface area contributed by atoms with Crippen LogP contribution in [0.1, 0.15) is 0 Å². The minimum absolute atomic E-state index is 0.560. The van der Waals surface area contributed by atoms with Crippen molar-refractivity contribution in [1.29, 1.82) is 0 Å². The molecule has 0 N–H and O–H groups in total. The Bertz CT molecular complexity index is 3260. The van der Waals surface area contributed by atoms with Crippen molar-refractivity contribution in [3.05, 3.63) is 200 Å². The molecule has 57 heavy (non-hydrogen) atoms. The molecule has 4 heteroatoms. The molecule has 9 aromatic carbocycles. The Balaban J connectivity index is 1.01. The fraction of sp³-hybridized carbons (Fsp3) is 0. The first-order chi connectivity index (χ1) is 28.2. The van der Waals surface area contributed by atoms with Crippen molar-refractivity contribution < 1.29 is 4.42 Å². The van der Waals surface area contributed by atoms with Gasteiger partial charge in [-0.05, 0) is 67.1 Å². The Labute approximate surface area is 329 Å². The summed E-state index contributed by atoms with van der Waals surface area (Å²) in [5, 5.41) is 7.04. The van der Waals surface area contributed by atoms with Crippen molar-refractivity contribution in [3.63, 3.8) is 0 Å². The standard InChI is InChI=1S/C53H33N3O/c1-2-10-34(11-3-1)35-20-22-36(23-21-35)37-24-30-41(31-25-37)51-54-52(56-53(55-51)47-18-9-17-46-45-15-6-7-19-48(45)57-50(46)47)42-32-27-39(28-33-42)44-16-8-13-40-29-26-38-12-4-5-14-43(38)49(40)44/h1-33H. The van der Waals surface area contributed by atoms with Crippen molar-refractivity contribution in [1.82, 2.24) is 15.0 Å². The van der Waals surface area contributed by atoms with Crippen LogP contribution < -0.4 is 0 Å². The van der Waals surface area contributed by atoms with Gasteiger partial charge in [0.1, 0.15) is 11.2 Å². The normalized spacial score (nSPS) is 11.5. The van der Waals surface area contributed by atoms with Gasteiger partial charge in [-0.15, -0.1) is 0 Å². The molecule has 266 valence electrons. The second-order valence-electron chi connectivity index (χ2n) is 14.4. The van der Waals surface area contributed by atoms with Gasteiger partial charge < -0.3 is 4.42 Å². The van der Waals surface area contributed by atoms with Gasteiger partial charge in [-0.2, -0.15) is 0 Å². The van der Waals surface area contributed by atoms with Gasteiger partial charge in [0.2, 0.25) is 0 Å². The van der Waals surface area contributed by atoms with Crippen LogP contribution in [0, 0.1) is 0 Å². The van der Waals surface area contributed by atoms with Gasteiger partial charge in [-0.1, -0.05) is 188 Å². The number of rotatable bonds is 6. The highest BCUT2D eigenvalue weighted by atomic mass is 16.3. The number of benzene rings is 9. The maximum absolute atomic E-state index is 6.46. The number of fused-ring (bicyclic) bond motifs is 6. The maximum atomic E-state index is 6.46. The maximum Gasteiger partial charge on any atom is 0.167 e. The molecule has 0 bridgehead atoms. The van der Waals surface area contributed by atoms with Crippen LogP contribution in [0.15, 0.2) is 205 Å². The Morgan fingerprint density at radius 2 is 0.754 bits per heavy atom. The second-order valence-corrected chi connectivity index (χ2v) is 14.4. The molecule has 0 radical (unpaired) electrons. The summed E-state index contributed by atoms with van der Waals surface area (Å²) in [5.41, 5.74) is 11.2. The van der Waals surface area contributed by atoms with Crippen molar-refractivity contribution >= 4 is 43.5 Å². The fourth-order valence-corrected chi connectivity index (χ4v) is 8.07. The molecule has 2 heterocycles. The van der Waals surface area contributed by atoms with Crippen LogP contribution in [0.4, 0.5) is 0 Å². The van der Waals surface area contributed by atoms with E-state index in [2.05, 4.69) is 164 Å². The lowest BCUT2D eigenvalue weighted by Gasteiger charge is -2.12. The largest absolute Gasteiger partial charge is 0.455 e. The van der Waals surface area contributed by atoms with Gasteiger partial charge in [0, 0.05) is 21.9 Å². The van der Waals surface area contributed by atoms with Crippen LogP contribution in [-0.2, 0) is 0 Å². The molecule has 0 saturated carbocycles. The van der Waals surface area contributed by atoms with Gasteiger partial charge in [0.05, 0.1) is 5.56 Å². The predicted molar refractivity (Wildman–Crippen MR) is 235 cm³/mol. The molecule has 0 amide bonds. The lowest BCUT2D eigenvalue weighted by atomic mass is 9.93. The van der Waals surface area contributed by atoms with Crippen LogP contribution in [0.25, 0.3) is 111 Å². The van der Waals surface area contributed by atoms with Gasteiger partial charge in [-0.25, -0.2) is 15.0 Å². The smallest absolute Gasteiger partial charge is 0.167 e. The minimum Gasteiger partial charge on any atom is -0.455 e. The SMILES string of the molecule is c1ccc(-c2ccc(-c3ccc(-c4nc(-c5ccc(-c6cccc7ccc8ccccc8c67)cc5)nc(-c5cccc6c5oc5ccccc56)n4)cc3)cc2)cc1. The van der Waals surface area contributed by atoms with Crippen molar-refractivity contribution in [3.8, 4) is 67.5 Å². The highest BCUT2D eigenvalue weighted by Gasteiger charge is 2.18. The van der Waals surface area contributed by atoms with E-state index in [1.54, 1.807) is 0 Å². The van der Waals surface area contributed by atoms with E-state index in [4.69, 9.17) is 19.4 Å². The Morgan fingerprint density at radius 3 is 1.46 bits per heavy atom. The molecule has 0 aliphatic carbocycles. The lowest BCUT2D eigenvalue weighted by Crippen LogP contribution is -2.00. The topological polar surface area (TPSA) is 51.8 Å². The summed E-state index contributed by atoms with van der Waals surface area (Å²) >= 11 is 0. The number of furan rings is 1. The van der Waals surface area contributed by atoms with Crippen molar-refractivity contribution in [2.45, 2.75) is 0 Å². The number of hydrogen-bond donors (Lipinski definition) is 0. The molecular formula is C53H33N3O. The first-order valence-corrected chi connectivity index (χ1v) is 19.2. The number of hydrogen-bond acceptors (Lipinski definition) is 4. The zero-order valence-corrected chi connectivity index (χ0v) is 30.8. The molecule has 0 unspecified atom stereocenters. The number of nitrogens with zero attached hydrogens (tertiary/aromatic N) is 3. The molecule has 11 rings (SSSR count). The molecule has 0 aliphatic rings. The second kappa shape index (κ2) is 13.6. The molecule has 0 aliphatic heterocycles. The van der Waals surface area contributed by atoms with E-state index in [1.807, 2.05) is 36.4 Å². The molecule has 0 saturated heterocycles. The first kappa shape index (κ1) is 32.7. The van der Waals surface area contributed by atoms with Crippen LogP contribution in [0.3, 0.4) is 0 Å². The monoisotopic (exact) mass is 727 g/mol. The van der Waals surface area contributed by atoms with E-state index in [0.717, 1.165) is 55.3 Å². The van der Waals surface area contributed by atoms with Crippen LogP contribution in [-0.4, -0.2) is 15.0 Å². The average molecular weight is 728 g/mol. The lowest BCUT2D eigenvalue weighted by molar-refractivity contribution is 0.669. The summed E-state index contributed by atoms with van der Waals surface area (Å²) in [7, 11) is 0. The first-order valence-electron chi connectivity index (χ1n) is 19.2. The predicted octanol–water partition coefficient (Wildman–Crippen LogP) is 14.1. The third kappa shape index (κ3) is 5.83. The zero-order chi connectivity index (χ0) is 37.7. The summed E-state index contributed by atoms with van der Waals surface area (Å²) in [5.74, 6) is 1.75. The average Bonchev–Trinajstić information content (AvgIpc) is 3.68. The van der Waals surface area contributed by atoms with Gasteiger partial charge in [-0.3, -0.25) is 0 Å². The van der Waals surface area contributed by atoms with Crippen molar-refractivity contribution in [2.24, 2.45) is 0 Å². The van der Waals surface area contributed by atoms with Gasteiger partial charge in [0.15, 0.2) is 17.5 Å². The highest BCUT2D eigenvalue weighted by molar-refractivity contribution is 6.14. The van der Waals surface area contributed by atoms with Crippen LogP contribution in [0.2, 0.25) is 0 Å². The van der Waals surface area contributed by atoms with Crippen molar-refractivity contribution in [2.75, 3.05) is 0 Å². The Kier molecular flexibility index (Phi) is 7.78. The van der Waals surface area contributed by atoms with E-state index < -0.39 is 0 Å². The summed E-state index contributed by atoms with van der Waals surface area (Å²) in [6.45, 7) is 0. The molecule has 2 aromatic heterocycles. The third-order valence-electron chi connectivity index (χ3n) is 11.0. The highest BCUT2D eigenvalue weighted by Crippen LogP contribution is 2.38. The number of aromatic nitrogens is 3. The Hall–Kier alpha value is -7.69. The van der Waals surface area contributed by atoms with E-state index >= 15 is 0 Å². The summed E-state index contributed by atoms with van der Waals surface area (Å²) in [6.07, 6.45) is 0. The van der Waals surface area contributed by atoms with E-state index in [-0.39, 0.29) is 0 Å². The zero-order valence-electron chi connectivity index (χ0n) is 30.8. The molecule has 0 spiro atoms. The van der Waals surface area contributed by atoms with E-state index in [9.17, 15) is 0 Å². The van der Waals surface area contributed by atoms with E-state index in [1.165, 1.54) is 38.2 Å². The molecule has 0 atom stereocenters. The Morgan fingerprint density at radius 1 is 0.281 bits per heavy atom. The minimum atomic E-state index is 0.560. The van der Waals surface area contributed by atoms with E-state index in [0.29, 0.717) is 17.5 Å². The molecule has 11 aromatic rings. The van der Waals surface area contributed by atoms with Crippen LogP contribution in [0.5, 0.6) is 0 Å². The summed E-state index contributed by atoms with van der Waals surface area (Å²) < 4.78 is 6.46. The van der Waals surface area contributed by atoms with Crippen LogP contribution >= 0.6 is 0 Å². The number of para-hydroxylation sites is 2.